The molecular weight excluding hydrogens is 196 g/mol. The Bertz CT molecular complexity index is 264. The van der Waals surface area contributed by atoms with Gasteiger partial charge in [0, 0.05) is 18.8 Å². The largest absolute Gasteiger partial charge is 0.364 e. The van der Waals surface area contributed by atoms with Crippen molar-refractivity contribution in [3.63, 3.8) is 0 Å². The lowest BCUT2D eigenvalue weighted by Crippen LogP contribution is -2.20. The molecule has 0 fully saturated rings. The van der Waals surface area contributed by atoms with Crippen molar-refractivity contribution in [1.29, 1.82) is 0 Å². The molecule has 0 aliphatic heterocycles. The third-order valence-corrected chi connectivity index (χ3v) is 2.99. The molecule has 0 amide bonds. The lowest BCUT2D eigenvalue weighted by molar-refractivity contribution is 0.0542. The number of ether oxygens (including phenoxy) is 1. The summed E-state index contributed by atoms with van der Waals surface area (Å²) >= 11 is 1.70. The molecule has 1 heterocycles. The maximum absolute atomic E-state index is 5.67. The van der Waals surface area contributed by atoms with E-state index in [9.17, 15) is 0 Å². The predicted octanol–water partition coefficient (Wildman–Crippen LogP) is 2.13. The summed E-state index contributed by atoms with van der Waals surface area (Å²) in [5, 5.41) is 0. The summed E-state index contributed by atoms with van der Waals surface area (Å²) in [5.74, 6) is 0.837. The van der Waals surface area contributed by atoms with Crippen LogP contribution in [-0.4, -0.2) is 27.8 Å². The molecule has 0 saturated carbocycles. The molecule has 0 aliphatic rings. The van der Waals surface area contributed by atoms with Crippen molar-refractivity contribution in [2.24, 2.45) is 0 Å². The van der Waals surface area contributed by atoms with E-state index in [0.29, 0.717) is 6.61 Å². The Labute approximate surface area is 89.3 Å². The molecule has 1 aromatic heterocycles. The fraction of sp³-hybridized carbons (Fsp3) is 0.600. The maximum atomic E-state index is 5.67. The van der Waals surface area contributed by atoms with Gasteiger partial charge in [-0.05, 0) is 26.2 Å². The average Bonchev–Trinajstić information content (AvgIpc) is 2.19. The number of hydrogen-bond acceptors (Lipinski definition) is 4. The molecule has 14 heavy (non-hydrogen) atoms. The van der Waals surface area contributed by atoms with Gasteiger partial charge in [-0.1, -0.05) is 0 Å². The normalized spacial score (nSPS) is 11.6. The van der Waals surface area contributed by atoms with Crippen molar-refractivity contribution in [1.82, 2.24) is 9.97 Å². The van der Waals surface area contributed by atoms with Gasteiger partial charge < -0.3 is 4.74 Å². The van der Waals surface area contributed by atoms with E-state index in [1.165, 1.54) is 0 Å². The Morgan fingerprint density at radius 3 is 2.57 bits per heavy atom. The molecule has 0 saturated heterocycles. The molecule has 0 radical (unpaired) electrons. The van der Waals surface area contributed by atoms with Gasteiger partial charge in [-0.15, -0.1) is 11.8 Å². The number of thioether (sulfide) groups is 1. The third kappa shape index (κ3) is 4.07. The molecule has 1 aromatic rings. The van der Waals surface area contributed by atoms with Crippen LogP contribution in [0.3, 0.4) is 0 Å². The molecule has 1 rings (SSSR count). The molecule has 0 aliphatic carbocycles. The van der Waals surface area contributed by atoms with Gasteiger partial charge in [0.15, 0.2) is 0 Å². The van der Waals surface area contributed by atoms with Crippen LogP contribution in [-0.2, 0) is 11.2 Å². The number of aromatic nitrogens is 2. The first kappa shape index (κ1) is 11.5. The van der Waals surface area contributed by atoms with Crippen LogP contribution in [0.5, 0.6) is 0 Å². The zero-order chi connectivity index (χ0) is 10.4. The molecule has 3 nitrogen and oxygen atoms in total. The van der Waals surface area contributed by atoms with Crippen LogP contribution in [0.2, 0.25) is 0 Å². The number of rotatable bonds is 5. The van der Waals surface area contributed by atoms with Crippen molar-refractivity contribution in [3.8, 4) is 0 Å². The van der Waals surface area contributed by atoms with E-state index < -0.39 is 0 Å². The van der Waals surface area contributed by atoms with Crippen molar-refractivity contribution in [2.45, 2.75) is 25.2 Å². The molecule has 0 bridgehead atoms. The van der Waals surface area contributed by atoms with Gasteiger partial charge in [-0.2, -0.15) is 0 Å². The van der Waals surface area contributed by atoms with E-state index in [1.54, 1.807) is 24.2 Å². The Morgan fingerprint density at radius 1 is 1.36 bits per heavy atom. The highest BCUT2D eigenvalue weighted by Gasteiger charge is 2.15. The molecule has 0 atom stereocenters. The summed E-state index contributed by atoms with van der Waals surface area (Å²) in [6.07, 6.45) is 6.31. The quantitative estimate of drug-likeness (QED) is 0.700. The molecule has 78 valence electrons. The Kier molecular flexibility index (Phi) is 4.35. The van der Waals surface area contributed by atoms with Gasteiger partial charge in [0.2, 0.25) is 0 Å². The van der Waals surface area contributed by atoms with Crippen LogP contribution >= 0.6 is 11.8 Å². The van der Waals surface area contributed by atoms with Gasteiger partial charge >= 0.3 is 0 Å². The Morgan fingerprint density at radius 2 is 2.00 bits per heavy atom. The Hall–Kier alpha value is -0.610. The van der Waals surface area contributed by atoms with Crippen LogP contribution in [0.1, 0.15) is 19.7 Å². The second-order valence-corrected chi connectivity index (χ2v) is 4.76. The number of hydrogen-bond donors (Lipinski definition) is 0. The first-order valence-electron chi connectivity index (χ1n) is 4.59. The molecule has 0 aromatic carbocycles. The summed E-state index contributed by atoms with van der Waals surface area (Å²) < 4.78 is 5.67. The first-order chi connectivity index (χ1) is 6.64. The average molecular weight is 212 g/mol. The lowest BCUT2D eigenvalue weighted by Gasteiger charge is -2.22. The van der Waals surface area contributed by atoms with Crippen LogP contribution < -0.4 is 0 Å². The zero-order valence-electron chi connectivity index (χ0n) is 8.86. The minimum Gasteiger partial charge on any atom is -0.364 e. The standard InChI is InChI=1S/C10H16N2OS/c1-10(2,14-3)13-8-5-9-11-6-4-7-12-9/h4,6-7H,5,8H2,1-3H3. The van der Waals surface area contributed by atoms with Gasteiger partial charge in [-0.3, -0.25) is 0 Å². The zero-order valence-corrected chi connectivity index (χ0v) is 9.67. The predicted molar refractivity (Wildman–Crippen MR) is 59.3 cm³/mol. The molecule has 0 unspecified atom stereocenters. The van der Waals surface area contributed by atoms with E-state index in [-0.39, 0.29) is 4.93 Å². The minimum absolute atomic E-state index is 0.116. The van der Waals surface area contributed by atoms with E-state index in [1.807, 2.05) is 12.3 Å². The van der Waals surface area contributed by atoms with Crippen LogP contribution in [0.25, 0.3) is 0 Å². The first-order valence-corrected chi connectivity index (χ1v) is 5.81. The second-order valence-electron chi connectivity index (χ2n) is 3.37. The SMILES string of the molecule is CSC(C)(C)OCCc1ncccn1. The summed E-state index contributed by atoms with van der Waals surface area (Å²) in [6, 6.07) is 1.82. The maximum Gasteiger partial charge on any atom is 0.130 e. The fourth-order valence-electron chi connectivity index (χ4n) is 0.906. The Balaban J connectivity index is 2.29. The molecule has 0 spiro atoms. The summed E-state index contributed by atoms with van der Waals surface area (Å²) in [6.45, 7) is 4.78. The fourth-order valence-corrected chi connectivity index (χ4v) is 1.11. The van der Waals surface area contributed by atoms with Crippen molar-refractivity contribution in [3.05, 3.63) is 24.3 Å². The highest BCUT2D eigenvalue weighted by molar-refractivity contribution is 7.99. The van der Waals surface area contributed by atoms with Crippen LogP contribution in [0.4, 0.5) is 0 Å². The molecule has 0 N–H and O–H groups in total. The smallest absolute Gasteiger partial charge is 0.130 e. The topological polar surface area (TPSA) is 35.0 Å². The summed E-state index contributed by atoms with van der Waals surface area (Å²) in [7, 11) is 0. The summed E-state index contributed by atoms with van der Waals surface area (Å²) in [4.78, 5) is 8.14. The molecule has 4 heteroatoms. The minimum atomic E-state index is -0.116. The van der Waals surface area contributed by atoms with E-state index in [0.717, 1.165) is 12.2 Å². The highest BCUT2D eigenvalue weighted by Crippen LogP contribution is 2.22. The highest BCUT2D eigenvalue weighted by atomic mass is 32.2. The van der Waals surface area contributed by atoms with Crippen molar-refractivity contribution in [2.75, 3.05) is 12.9 Å². The third-order valence-electron chi connectivity index (χ3n) is 1.89. The monoisotopic (exact) mass is 212 g/mol. The van der Waals surface area contributed by atoms with E-state index in [4.69, 9.17) is 4.74 Å². The van der Waals surface area contributed by atoms with Crippen molar-refractivity contribution < 1.29 is 4.74 Å². The lowest BCUT2D eigenvalue weighted by atomic mass is 10.4. The number of nitrogens with zero attached hydrogens (tertiary/aromatic N) is 2. The second kappa shape index (κ2) is 5.32. The molecular formula is C10H16N2OS. The summed E-state index contributed by atoms with van der Waals surface area (Å²) in [5.41, 5.74) is 0. The van der Waals surface area contributed by atoms with Gasteiger partial charge in [-0.25, -0.2) is 9.97 Å². The van der Waals surface area contributed by atoms with Gasteiger partial charge in [0.25, 0.3) is 0 Å². The van der Waals surface area contributed by atoms with E-state index in [2.05, 4.69) is 23.8 Å². The van der Waals surface area contributed by atoms with Crippen molar-refractivity contribution >= 4 is 11.8 Å². The van der Waals surface area contributed by atoms with E-state index >= 15 is 0 Å². The van der Waals surface area contributed by atoms with Gasteiger partial charge in [0.05, 0.1) is 6.61 Å². The van der Waals surface area contributed by atoms with Crippen LogP contribution in [0.15, 0.2) is 18.5 Å². The van der Waals surface area contributed by atoms with Gasteiger partial charge in [0.1, 0.15) is 10.8 Å². The van der Waals surface area contributed by atoms with Crippen LogP contribution in [0, 0.1) is 0 Å².